The maximum Gasteiger partial charge on any atom is 0.416 e. The molecule has 0 aliphatic heterocycles. The Morgan fingerprint density at radius 2 is 1.71 bits per heavy atom. The van der Waals surface area contributed by atoms with Crippen molar-refractivity contribution in [1.29, 1.82) is 0 Å². The van der Waals surface area contributed by atoms with Crippen LogP contribution in [-0.2, 0) is 28.7 Å². The standard InChI is InChI=1S/C20H20F3NO4/c21-20(22,23)17-5-2-1-4-15(17)12-18(25)24-13-14-7-9-16(10-8-14)28-11-3-6-19(26)27/h1-2,4-5,7-10H,3,6,11-13H2,(H,24,25)(H,26,27). The summed E-state index contributed by atoms with van der Waals surface area (Å²) in [5.41, 5.74) is -0.123. The molecule has 0 saturated heterocycles. The fourth-order valence-corrected chi connectivity index (χ4v) is 2.50. The largest absolute Gasteiger partial charge is 0.494 e. The third-order valence-corrected chi connectivity index (χ3v) is 3.89. The van der Waals surface area contributed by atoms with Crippen molar-refractivity contribution in [3.05, 3.63) is 65.2 Å². The van der Waals surface area contributed by atoms with Crippen molar-refractivity contribution in [3.63, 3.8) is 0 Å². The Morgan fingerprint density at radius 3 is 2.36 bits per heavy atom. The van der Waals surface area contributed by atoms with E-state index in [0.29, 0.717) is 12.2 Å². The van der Waals surface area contributed by atoms with E-state index in [-0.39, 0.29) is 31.6 Å². The first-order valence-corrected chi connectivity index (χ1v) is 8.61. The molecule has 0 heterocycles. The fraction of sp³-hybridized carbons (Fsp3) is 0.300. The lowest BCUT2D eigenvalue weighted by molar-refractivity contribution is -0.139. The van der Waals surface area contributed by atoms with E-state index in [9.17, 15) is 22.8 Å². The summed E-state index contributed by atoms with van der Waals surface area (Å²) in [5, 5.41) is 11.2. The topological polar surface area (TPSA) is 75.6 Å². The summed E-state index contributed by atoms with van der Waals surface area (Å²) < 4.78 is 44.3. The van der Waals surface area contributed by atoms with Gasteiger partial charge in [0, 0.05) is 13.0 Å². The number of halogens is 3. The molecule has 0 aromatic heterocycles. The van der Waals surface area contributed by atoms with Crippen LogP contribution in [0.2, 0.25) is 0 Å². The Hall–Kier alpha value is -3.03. The van der Waals surface area contributed by atoms with Crippen LogP contribution in [0.3, 0.4) is 0 Å². The van der Waals surface area contributed by atoms with Gasteiger partial charge >= 0.3 is 12.1 Å². The maximum absolute atomic E-state index is 13.0. The van der Waals surface area contributed by atoms with Gasteiger partial charge in [0.25, 0.3) is 0 Å². The van der Waals surface area contributed by atoms with Crippen LogP contribution in [-0.4, -0.2) is 23.6 Å². The molecule has 28 heavy (non-hydrogen) atoms. The second-order valence-corrected chi connectivity index (χ2v) is 6.10. The minimum atomic E-state index is -4.50. The summed E-state index contributed by atoms with van der Waals surface area (Å²) in [6.45, 7) is 0.452. The Kier molecular flexibility index (Phi) is 7.43. The first-order chi connectivity index (χ1) is 13.3. The molecule has 0 spiro atoms. The zero-order valence-corrected chi connectivity index (χ0v) is 15.0. The Labute approximate surface area is 160 Å². The van der Waals surface area contributed by atoms with Gasteiger partial charge in [-0.15, -0.1) is 0 Å². The molecule has 8 heteroatoms. The summed E-state index contributed by atoms with van der Waals surface area (Å²) in [6.07, 6.45) is -4.44. The monoisotopic (exact) mass is 395 g/mol. The number of alkyl halides is 3. The Morgan fingerprint density at radius 1 is 1.04 bits per heavy atom. The lowest BCUT2D eigenvalue weighted by Crippen LogP contribution is -2.25. The van der Waals surface area contributed by atoms with Gasteiger partial charge in [-0.3, -0.25) is 9.59 Å². The number of amides is 1. The summed E-state index contributed by atoms with van der Waals surface area (Å²) >= 11 is 0. The van der Waals surface area contributed by atoms with E-state index >= 15 is 0 Å². The number of hydrogen-bond acceptors (Lipinski definition) is 3. The highest BCUT2D eigenvalue weighted by Crippen LogP contribution is 2.32. The van der Waals surface area contributed by atoms with Gasteiger partial charge < -0.3 is 15.2 Å². The fourth-order valence-electron chi connectivity index (χ4n) is 2.50. The van der Waals surface area contributed by atoms with Gasteiger partial charge in [0.05, 0.1) is 18.6 Å². The molecule has 150 valence electrons. The van der Waals surface area contributed by atoms with Gasteiger partial charge in [-0.25, -0.2) is 0 Å². The summed E-state index contributed by atoms with van der Waals surface area (Å²) in [6, 6.07) is 11.8. The molecule has 2 aromatic rings. The molecule has 0 aliphatic rings. The molecule has 0 fully saturated rings. The second-order valence-electron chi connectivity index (χ2n) is 6.10. The number of carboxylic acid groups (broad SMARTS) is 1. The molecule has 0 bridgehead atoms. The van der Waals surface area contributed by atoms with E-state index < -0.39 is 23.6 Å². The number of benzene rings is 2. The van der Waals surface area contributed by atoms with Gasteiger partial charge in [-0.05, 0) is 35.7 Å². The van der Waals surface area contributed by atoms with E-state index in [0.717, 1.165) is 11.6 Å². The van der Waals surface area contributed by atoms with Crippen LogP contribution in [0.4, 0.5) is 13.2 Å². The molecule has 2 N–H and O–H groups in total. The summed E-state index contributed by atoms with van der Waals surface area (Å²) in [4.78, 5) is 22.4. The van der Waals surface area contributed by atoms with Crippen LogP contribution >= 0.6 is 0 Å². The van der Waals surface area contributed by atoms with Gasteiger partial charge in [-0.1, -0.05) is 30.3 Å². The highest BCUT2D eigenvalue weighted by Gasteiger charge is 2.33. The predicted octanol–water partition coefficient (Wildman–Crippen LogP) is 3.81. The predicted molar refractivity (Wildman–Crippen MR) is 95.8 cm³/mol. The Balaban J connectivity index is 1.83. The van der Waals surface area contributed by atoms with Crippen molar-refractivity contribution >= 4 is 11.9 Å². The van der Waals surface area contributed by atoms with Crippen LogP contribution in [0.15, 0.2) is 48.5 Å². The normalized spacial score (nSPS) is 11.1. The second kappa shape index (κ2) is 9.77. The highest BCUT2D eigenvalue weighted by molar-refractivity contribution is 5.79. The average molecular weight is 395 g/mol. The van der Waals surface area contributed by atoms with Crippen LogP contribution in [0, 0.1) is 0 Å². The number of ether oxygens (including phenoxy) is 1. The smallest absolute Gasteiger partial charge is 0.416 e. The lowest BCUT2D eigenvalue weighted by Gasteiger charge is -2.12. The number of aliphatic carboxylic acids is 1. The van der Waals surface area contributed by atoms with Crippen molar-refractivity contribution in [2.75, 3.05) is 6.61 Å². The number of hydrogen-bond donors (Lipinski definition) is 2. The first kappa shape index (κ1) is 21.3. The van der Waals surface area contributed by atoms with Crippen LogP contribution in [0.25, 0.3) is 0 Å². The van der Waals surface area contributed by atoms with E-state index in [2.05, 4.69) is 5.32 Å². The van der Waals surface area contributed by atoms with Gasteiger partial charge in [0.1, 0.15) is 5.75 Å². The maximum atomic E-state index is 13.0. The van der Waals surface area contributed by atoms with Crippen molar-refractivity contribution < 1.29 is 32.6 Å². The van der Waals surface area contributed by atoms with Crippen LogP contribution < -0.4 is 10.1 Å². The zero-order valence-electron chi connectivity index (χ0n) is 15.0. The quantitative estimate of drug-likeness (QED) is 0.633. The number of carbonyl (C=O) groups excluding carboxylic acids is 1. The van der Waals surface area contributed by atoms with Gasteiger partial charge in [-0.2, -0.15) is 13.2 Å². The Bertz CT molecular complexity index is 804. The van der Waals surface area contributed by atoms with Gasteiger partial charge in [0.15, 0.2) is 0 Å². The molecular weight excluding hydrogens is 375 g/mol. The van der Waals surface area contributed by atoms with Crippen LogP contribution in [0.1, 0.15) is 29.5 Å². The molecule has 0 atom stereocenters. The molecule has 1 amide bonds. The van der Waals surface area contributed by atoms with Crippen LogP contribution in [0.5, 0.6) is 5.75 Å². The van der Waals surface area contributed by atoms with Crippen molar-refractivity contribution in [3.8, 4) is 5.75 Å². The minimum Gasteiger partial charge on any atom is -0.494 e. The third-order valence-electron chi connectivity index (χ3n) is 3.89. The number of carboxylic acids is 1. The molecule has 5 nitrogen and oxygen atoms in total. The zero-order chi connectivity index (χ0) is 20.6. The summed E-state index contributed by atoms with van der Waals surface area (Å²) in [7, 11) is 0. The number of carbonyl (C=O) groups is 2. The third kappa shape index (κ3) is 6.94. The minimum absolute atomic E-state index is 0.0293. The molecular formula is C20H20F3NO4. The van der Waals surface area contributed by atoms with Crippen molar-refractivity contribution in [1.82, 2.24) is 5.32 Å². The van der Waals surface area contributed by atoms with Crippen molar-refractivity contribution in [2.45, 2.75) is 32.0 Å². The highest BCUT2D eigenvalue weighted by atomic mass is 19.4. The molecule has 2 rings (SSSR count). The first-order valence-electron chi connectivity index (χ1n) is 8.61. The molecule has 0 radical (unpaired) electrons. The molecule has 0 saturated carbocycles. The van der Waals surface area contributed by atoms with E-state index in [1.54, 1.807) is 24.3 Å². The van der Waals surface area contributed by atoms with E-state index in [1.165, 1.54) is 18.2 Å². The summed E-state index contributed by atoms with van der Waals surface area (Å²) in [5.74, 6) is -0.821. The molecule has 0 unspecified atom stereocenters. The average Bonchev–Trinajstić information content (AvgIpc) is 2.64. The SMILES string of the molecule is O=C(O)CCCOc1ccc(CNC(=O)Cc2ccccc2C(F)(F)F)cc1. The number of nitrogens with one attached hydrogen (secondary N) is 1. The van der Waals surface area contributed by atoms with Crippen molar-refractivity contribution in [2.24, 2.45) is 0 Å². The lowest BCUT2D eigenvalue weighted by atomic mass is 10.0. The van der Waals surface area contributed by atoms with Gasteiger partial charge in [0.2, 0.25) is 5.91 Å². The van der Waals surface area contributed by atoms with E-state index in [1.807, 2.05) is 0 Å². The molecule has 2 aromatic carbocycles. The van der Waals surface area contributed by atoms with E-state index in [4.69, 9.17) is 9.84 Å². The molecule has 0 aliphatic carbocycles. The number of rotatable bonds is 9.